The van der Waals surface area contributed by atoms with Crippen LogP contribution in [0.15, 0.2) is 18.2 Å². The summed E-state index contributed by atoms with van der Waals surface area (Å²) in [5, 5.41) is 3.63. The number of benzene rings is 1. The van der Waals surface area contributed by atoms with Crippen LogP contribution < -0.4 is 10.1 Å². The Morgan fingerprint density at radius 3 is 2.66 bits per heavy atom. The molecule has 0 bridgehead atoms. The zero-order valence-electron chi connectivity index (χ0n) is 16.2. The van der Waals surface area contributed by atoms with E-state index in [1.807, 2.05) is 6.92 Å². The normalized spacial score (nSPS) is 14.8. The fourth-order valence-corrected chi connectivity index (χ4v) is 4.82. The number of amides is 1. The molecule has 1 atom stereocenters. The highest BCUT2D eigenvalue weighted by atomic mass is 35.5. The molecule has 1 heterocycles. The van der Waals surface area contributed by atoms with Gasteiger partial charge in [-0.15, -0.1) is 11.3 Å². The summed E-state index contributed by atoms with van der Waals surface area (Å²) in [7, 11) is 2.57. The van der Waals surface area contributed by atoms with Gasteiger partial charge in [0.15, 0.2) is 6.61 Å². The van der Waals surface area contributed by atoms with Gasteiger partial charge in [0.05, 0.1) is 25.7 Å². The smallest absolute Gasteiger partial charge is 0.341 e. The minimum absolute atomic E-state index is 0.205. The molecule has 7 nitrogen and oxygen atoms in total. The van der Waals surface area contributed by atoms with Crippen molar-refractivity contribution in [1.82, 2.24) is 0 Å². The van der Waals surface area contributed by atoms with E-state index in [-0.39, 0.29) is 12.2 Å². The molecule has 1 N–H and O–H groups in total. The standard InChI is InChI=1S/C20H20ClNO6S/c1-10-8-11(21)4-6-13(10)28-9-15(23)22-18-17(20(25)27-3)16-12(19(24)26-2)5-7-14(16)29-18/h4,6,8,12H,5,7,9H2,1-3H3,(H,22,23)/t12-/m1/s1. The Balaban J connectivity index is 1.79. The van der Waals surface area contributed by atoms with Crippen LogP contribution in [-0.4, -0.2) is 38.7 Å². The van der Waals surface area contributed by atoms with Gasteiger partial charge in [-0.05, 0) is 49.1 Å². The third kappa shape index (κ3) is 4.38. The maximum atomic E-state index is 12.4. The number of carbonyl (C=O) groups excluding carboxylic acids is 3. The lowest BCUT2D eigenvalue weighted by Crippen LogP contribution is -2.22. The Kier molecular flexibility index (Phi) is 6.44. The van der Waals surface area contributed by atoms with E-state index in [2.05, 4.69) is 5.32 Å². The number of methoxy groups -OCH3 is 2. The van der Waals surface area contributed by atoms with Crippen LogP contribution in [0.4, 0.5) is 5.00 Å². The molecule has 0 saturated carbocycles. The zero-order chi connectivity index (χ0) is 21.1. The molecule has 0 aliphatic heterocycles. The average Bonchev–Trinajstić information content (AvgIpc) is 3.24. The molecule has 154 valence electrons. The second-order valence-electron chi connectivity index (χ2n) is 6.50. The number of hydrogen-bond donors (Lipinski definition) is 1. The van der Waals surface area contributed by atoms with Crippen LogP contribution in [0.1, 0.15) is 38.7 Å². The summed E-state index contributed by atoms with van der Waals surface area (Å²) in [6, 6.07) is 5.10. The molecule has 0 unspecified atom stereocenters. The Hall–Kier alpha value is -2.58. The number of rotatable bonds is 6. The summed E-state index contributed by atoms with van der Waals surface area (Å²) in [5.74, 6) is -1.45. The van der Waals surface area contributed by atoms with Gasteiger partial charge < -0.3 is 19.5 Å². The van der Waals surface area contributed by atoms with E-state index in [1.54, 1.807) is 18.2 Å². The van der Waals surface area contributed by atoms with Crippen molar-refractivity contribution in [3.8, 4) is 5.75 Å². The lowest BCUT2D eigenvalue weighted by Gasteiger charge is -2.12. The summed E-state index contributed by atoms with van der Waals surface area (Å²) in [4.78, 5) is 37.8. The molecule has 2 aromatic rings. The highest BCUT2D eigenvalue weighted by Gasteiger charge is 2.38. The lowest BCUT2D eigenvalue weighted by atomic mass is 9.99. The van der Waals surface area contributed by atoms with Gasteiger partial charge in [-0.2, -0.15) is 0 Å². The lowest BCUT2D eigenvalue weighted by molar-refractivity contribution is -0.142. The Morgan fingerprint density at radius 2 is 2.00 bits per heavy atom. The molecule has 9 heteroatoms. The second-order valence-corrected chi connectivity index (χ2v) is 8.04. The molecule has 29 heavy (non-hydrogen) atoms. The highest BCUT2D eigenvalue weighted by Crippen LogP contribution is 2.45. The first-order chi connectivity index (χ1) is 13.8. The van der Waals surface area contributed by atoms with Crippen molar-refractivity contribution in [2.45, 2.75) is 25.7 Å². The topological polar surface area (TPSA) is 90.9 Å². The largest absolute Gasteiger partial charge is 0.483 e. The fourth-order valence-electron chi connectivity index (χ4n) is 3.32. The van der Waals surface area contributed by atoms with Gasteiger partial charge in [0, 0.05) is 9.90 Å². The number of esters is 2. The number of aryl methyl sites for hydroxylation is 2. The zero-order valence-corrected chi connectivity index (χ0v) is 17.7. The van der Waals surface area contributed by atoms with Crippen LogP contribution >= 0.6 is 22.9 Å². The fraction of sp³-hybridized carbons (Fsp3) is 0.350. The van der Waals surface area contributed by atoms with E-state index < -0.39 is 23.8 Å². The van der Waals surface area contributed by atoms with Crippen LogP contribution in [0.3, 0.4) is 0 Å². The van der Waals surface area contributed by atoms with Crippen molar-refractivity contribution in [3.63, 3.8) is 0 Å². The number of anilines is 1. The summed E-state index contributed by atoms with van der Waals surface area (Å²) < 4.78 is 15.3. The van der Waals surface area contributed by atoms with Crippen molar-refractivity contribution in [2.75, 3.05) is 26.1 Å². The van der Waals surface area contributed by atoms with E-state index in [1.165, 1.54) is 25.6 Å². The quantitative estimate of drug-likeness (QED) is 0.692. The van der Waals surface area contributed by atoms with Gasteiger partial charge in [-0.1, -0.05) is 11.6 Å². The van der Waals surface area contributed by atoms with Crippen LogP contribution in [0.2, 0.25) is 5.02 Å². The number of thiophene rings is 1. The van der Waals surface area contributed by atoms with Gasteiger partial charge in [0.25, 0.3) is 5.91 Å². The second kappa shape index (κ2) is 8.84. The van der Waals surface area contributed by atoms with Crippen LogP contribution in [0, 0.1) is 6.92 Å². The summed E-state index contributed by atoms with van der Waals surface area (Å²) >= 11 is 7.18. The van der Waals surface area contributed by atoms with E-state index >= 15 is 0 Å². The molecule has 1 aromatic heterocycles. The van der Waals surface area contributed by atoms with E-state index in [0.29, 0.717) is 34.2 Å². The molecule has 1 aliphatic carbocycles. The monoisotopic (exact) mass is 437 g/mol. The average molecular weight is 438 g/mol. The maximum absolute atomic E-state index is 12.4. The molecule has 0 spiro atoms. The Labute approximate surface area is 176 Å². The first-order valence-electron chi connectivity index (χ1n) is 8.86. The van der Waals surface area contributed by atoms with Crippen molar-refractivity contribution in [3.05, 3.63) is 44.8 Å². The predicted octanol–water partition coefficient (Wildman–Crippen LogP) is 3.72. The number of fused-ring (bicyclic) bond motifs is 1. The number of nitrogens with one attached hydrogen (secondary N) is 1. The molecule has 1 amide bonds. The number of halogens is 1. The van der Waals surface area contributed by atoms with Crippen LogP contribution in [0.25, 0.3) is 0 Å². The van der Waals surface area contributed by atoms with Crippen molar-refractivity contribution in [1.29, 1.82) is 0 Å². The molecule has 0 fully saturated rings. The van der Waals surface area contributed by atoms with E-state index in [0.717, 1.165) is 10.4 Å². The Bertz CT molecular complexity index is 970. The summed E-state index contributed by atoms with van der Waals surface area (Å²) in [6.07, 6.45) is 1.19. The number of ether oxygens (including phenoxy) is 3. The third-order valence-corrected chi connectivity index (χ3v) is 6.07. The predicted molar refractivity (Wildman–Crippen MR) is 109 cm³/mol. The SMILES string of the molecule is COC(=O)c1c(NC(=O)COc2ccc(Cl)cc2C)sc2c1[C@H](C(=O)OC)CC2. The molecule has 0 radical (unpaired) electrons. The molecule has 1 aromatic carbocycles. The maximum Gasteiger partial charge on any atom is 0.341 e. The molecular weight excluding hydrogens is 418 g/mol. The van der Waals surface area contributed by atoms with Gasteiger partial charge in [0.1, 0.15) is 10.8 Å². The Morgan fingerprint density at radius 1 is 1.24 bits per heavy atom. The minimum Gasteiger partial charge on any atom is -0.483 e. The van der Waals surface area contributed by atoms with Crippen molar-refractivity contribution >= 4 is 45.8 Å². The molecular formula is C20H20ClNO6S. The van der Waals surface area contributed by atoms with E-state index in [9.17, 15) is 14.4 Å². The van der Waals surface area contributed by atoms with Gasteiger partial charge in [-0.25, -0.2) is 4.79 Å². The first-order valence-corrected chi connectivity index (χ1v) is 10.1. The number of carbonyl (C=O) groups is 3. The van der Waals surface area contributed by atoms with Gasteiger partial charge >= 0.3 is 11.9 Å². The first kappa shape index (κ1) is 21.1. The third-order valence-electron chi connectivity index (χ3n) is 4.65. The highest BCUT2D eigenvalue weighted by molar-refractivity contribution is 7.17. The summed E-state index contributed by atoms with van der Waals surface area (Å²) in [5.41, 5.74) is 1.59. The van der Waals surface area contributed by atoms with Crippen LogP contribution in [0.5, 0.6) is 5.75 Å². The summed E-state index contributed by atoms with van der Waals surface area (Å²) in [6.45, 7) is 1.58. The van der Waals surface area contributed by atoms with Gasteiger partial charge in [0.2, 0.25) is 0 Å². The van der Waals surface area contributed by atoms with Crippen molar-refractivity contribution < 1.29 is 28.6 Å². The van der Waals surface area contributed by atoms with Crippen molar-refractivity contribution in [2.24, 2.45) is 0 Å². The van der Waals surface area contributed by atoms with E-state index in [4.69, 9.17) is 25.8 Å². The minimum atomic E-state index is -0.608. The molecule has 1 aliphatic rings. The van der Waals surface area contributed by atoms with Crippen LogP contribution in [-0.2, 0) is 25.5 Å². The van der Waals surface area contributed by atoms with Gasteiger partial charge in [-0.3, -0.25) is 9.59 Å². The molecule has 3 rings (SSSR count). The molecule has 0 saturated heterocycles. The number of hydrogen-bond acceptors (Lipinski definition) is 7.